The fourth-order valence-electron chi connectivity index (χ4n) is 4.25. The van der Waals surface area contributed by atoms with Crippen LogP contribution in [0.15, 0.2) is 18.2 Å². The van der Waals surface area contributed by atoms with Gasteiger partial charge in [0.1, 0.15) is 0 Å². The number of hydrogen-bond acceptors (Lipinski definition) is 3. The number of hydrogen-bond donors (Lipinski definition) is 1. The molecule has 126 valence electrons. The van der Waals surface area contributed by atoms with Crippen molar-refractivity contribution in [3.63, 3.8) is 0 Å². The Morgan fingerprint density at radius 3 is 2.65 bits per heavy atom. The highest BCUT2D eigenvalue weighted by molar-refractivity contribution is 5.93. The van der Waals surface area contributed by atoms with Crippen LogP contribution in [0.3, 0.4) is 0 Å². The standard InChI is InChI=1S/C19H28N2O2/c1-13-8-14(2)11-20(10-13)12-19(23)17-4-5-18-16(9-17)6-7-21(18)15(3)22/h4-5,9,13-14,19,23H,6-8,10-12H2,1-3H3. The van der Waals surface area contributed by atoms with Crippen molar-refractivity contribution in [3.8, 4) is 0 Å². The molecule has 23 heavy (non-hydrogen) atoms. The zero-order valence-electron chi connectivity index (χ0n) is 14.5. The number of nitrogens with zero attached hydrogens (tertiary/aromatic N) is 2. The molecule has 1 saturated heterocycles. The van der Waals surface area contributed by atoms with E-state index in [4.69, 9.17) is 0 Å². The van der Waals surface area contributed by atoms with Crippen LogP contribution in [-0.4, -0.2) is 42.1 Å². The van der Waals surface area contributed by atoms with E-state index in [1.807, 2.05) is 17.0 Å². The van der Waals surface area contributed by atoms with Crippen molar-refractivity contribution in [2.45, 2.75) is 39.7 Å². The molecule has 0 aromatic heterocycles. The summed E-state index contributed by atoms with van der Waals surface area (Å²) in [6, 6.07) is 6.05. The summed E-state index contributed by atoms with van der Waals surface area (Å²) in [5.41, 5.74) is 3.16. The number of amides is 1. The Kier molecular flexibility index (Phi) is 4.74. The second-order valence-electron chi connectivity index (χ2n) is 7.49. The van der Waals surface area contributed by atoms with E-state index < -0.39 is 6.10 Å². The second kappa shape index (κ2) is 6.62. The van der Waals surface area contributed by atoms with Gasteiger partial charge in [-0.05, 0) is 41.9 Å². The summed E-state index contributed by atoms with van der Waals surface area (Å²) in [4.78, 5) is 15.8. The molecule has 3 rings (SSSR count). The summed E-state index contributed by atoms with van der Waals surface area (Å²) in [7, 11) is 0. The van der Waals surface area contributed by atoms with Gasteiger partial charge >= 0.3 is 0 Å². The highest BCUT2D eigenvalue weighted by Crippen LogP contribution is 2.31. The second-order valence-corrected chi connectivity index (χ2v) is 7.49. The van der Waals surface area contributed by atoms with Crippen LogP contribution >= 0.6 is 0 Å². The van der Waals surface area contributed by atoms with Gasteiger partial charge in [-0.1, -0.05) is 26.0 Å². The Morgan fingerprint density at radius 1 is 1.30 bits per heavy atom. The van der Waals surface area contributed by atoms with Crippen molar-refractivity contribution in [1.29, 1.82) is 0 Å². The molecular formula is C19H28N2O2. The van der Waals surface area contributed by atoms with Crippen LogP contribution in [-0.2, 0) is 11.2 Å². The topological polar surface area (TPSA) is 43.8 Å². The van der Waals surface area contributed by atoms with Crippen LogP contribution in [0.2, 0.25) is 0 Å². The largest absolute Gasteiger partial charge is 0.387 e. The lowest BCUT2D eigenvalue weighted by Gasteiger charge is -2.36. The average molecular weight is 316 g/mol. The van der Waals surface area contributed by atoms with Gasteiger partial charge in [0.05, 0.1) is 6.10 Å². The SMILES string of the molecule is CC(=O)N1CCc2cc(C(O)CN3CC(C)CC(C)C3)ccc21. The van der Waals surface area contributed by atoms with E-state index in [9.17, 15) is 9.90 Å². The van der Waals surface area contributed by atoms with E-state index in [1.165, 1.54) is 12.0 Å². The molecule has 3 unspecified atom stereocenters. The van der Waals surface area contributed by atoms with Crippen LogP contribution in [0.1, 0.15) is 44.4 Å². The van der Waals surface area contributed by atoms with Crippen molar-refractivity contribution >= 4 is 11.6 Å². The third kappa shape index (κ3) is 3.59. The number of β-amino-alcohol motifs (C(OH)–C–C–N with tert-alkyl or cyclic N) is 1. The first kappa shape index (κ1) is 16.5. The van der Waals surface area contributed by atoms with Gasteiger partial charge in [-0.3, -0.25) is 9.69 Å². The Hall–Kier alpha value is -1.39. The molecule has 2 heterocycles. The number of anilines is 1. The third-order valence-electron chi connectivity index (χ3n) is 5.14. The number of rotatable bonds is 3. The Bertz CT molecular complexity index is 577. The van der Waals surface area contributed by atoms with Gasteiger partial charge in [-0.15, -0.1) is 0 Å². The number of piperidine rings is 1. The lowest BCUT2D eigenvalue weighted by Crippen LogP contribution is -2.40. The van der Waals surface area contributed by atoms with E-state index in [-0.39, 0.29) is 5.91 Å². The molecule has 1 fully saturated rings. The summed E-state index contributed by atoms with van der Waals surface area (Å²) >= 11 is 0. The summed E-state index contributed by atoms with van der Waals surface area (Å²) < 4.78 is 0. The summed E-state index contributed by atoms with van der Waals surface area (Å²) in [5, 5.41) is 10.6. The molecule has 0 aliphatic carbocycles. The fraction of sp³-hybridized carbons (Fsp3) is 0.632. The predicted molar refractivity (Wildman–Crippen MR) is 92.5 cm³/mol. The van der Waals surface area contributed by atoms with Gasteiger partial charge < -0.3 is 10.0 Å². The van der Waals surface area contributed by atoms with Crippen molar-refractivity contribution in [1.82, 2.24) is 4.90 Å². The van der Waals surface area contributed by atoms with Crippen LogP contribution in [0, 0.1) is 11.8 Å². The van der Waals surface area contributed by atoms with Gasteiger partial charge in [0.25, 0.3) is 0 Å². The summed E-state index contributed by atoms with van der Waals surface area (Å²) in [6.45, 7) is 9.79. The summed E-state index contributed by atoms with van der Waals surface area (Å²) in [5.74, 6) is 1.50. The van der Waals surface area contributed by atoms with Gasteiger partial charge in [0.2, 0.25) is 5.91 Å². The van der Waals surface area contributed by atoms with E-state index in [0.717, 1.165) is 37.3 Å². The molecule has 0 radical (unpaired) electrons. The first-order chi connectivity index (χ1) is 10.9. The molecule has 1 aromatic rings. The van der Waals surface area contributed by atoms with E-state index in [2.05, 4.69) is 24.8 Å². The maximum atomic E-state index is 11.6. The fourth-order valence-corrected chi connectivity index (χ4v) is 4.25. The molecule has 0 saturated carbocycles. The lowest BCUT2D eigenvalue weighted by molar-refractivity contribution is -0.116. The maximum Gasteiger partial charge on any atom is 0.223 e. The third-order valence-corrected chi connectivity index (χ3v) is 5.14. The van der Waals surface area contributed by atoms with Crippen LogP contribution in [0.4, 0.5) is 5.69 Å². The number of benzene rings is 1. The van der Waals surface area contributed by atoms with Gasteiger partial charge in [0, 0.05) is 38.8 Å². The number of aliphatic hydroxyl groups is 1. The molecular weight excluding hydrogens is 288 g/mol. The van der Waals surface area contributed by atoms with Gasteiger partial charge in [0.15, 0.2) is 0 Å². The first-order valence-corrected chi connectivity index (χ1v) is 8.75. The minimum atomic E-state index is -0.454. The minimum Gasteiger partial charge on any atom is -0.387 e. The van der Waals surface area contributed by atoms with E-state index in [1.54, 1.807) is 6.92 Å². The Labute approximate surface area is 139 Å². The summed E-state index contributed by atoms with van der Waals surface area (Å²) in [6.07, 6.45) is 1.71. The first-order valence-electron chi connectivity index (χ1n) is 8.75. The molecule has 2 aliphatic heterocycles. The number of carbonyl (C=O) groups excluding carboxylic acids is 1. The molecule has 0 spiro atoms. The Balaban J connectivity index is 1.69. The normalized spacial score (nSPS) is 26.2. The van der Waals surface area contributed by atoms with Crippen molar-refractivity contribution < 1.29 is 9.90 Å². The van der Waals surface area contributed by atoms with E-state index >= 15 is 0 Å². The number of aliphatic hydroxyl groups excluding tert-OH is 1. The quantitative estimate of drug-likeness (QED) is 0.932. The number of fused-ring (bicyclic) bond motifs is 1. The van der Waals surface area contributed by atoms with E-state index in [0.29, 0.717) is 18.4 Å². The van der Waals surface area contributed by atoms with Crippen LogP contribution < -0.4 is 4.90 Å². The van der Waals surface area contributed by atoms with Crippen molar-refractivity contribution in [2.75, 3.05) is 31.1 Å². The molecule has 3 atom stereocenters. The Morgan fingerprint density at radius 2 is 2.00 bits per heavy atom. The monoisotopic (exact) mass is 316 g/mol. The number of likely N-dealkylation sites (tertiary alicyclic amines) is 1. The van der Waals surface area contributed by atoms with Crippen LogP contribution in [0.25, 0.3) is 0 Å². The molecule has 1 amide bonds. The molecule has 2 aliphatic rings. The zero-order valence-corrected chi connectivity index (χ0v) is 14.5. The molecule has 1 N–H and O–H groups in total. The maximum absolute atomic E-state index is 11.6. The molecule has 0 bridgehead atoms. The lowest BCUT2D eigenvalue weighted by atomic mass is 9.91. The predicted octanol–water partition coefficient (Wildman–Crippen LogP) is 2.61. The average Bonchev–Trinajstić information content (AvgIpc) is 2.89. The highest BCUT2D eigenvalue weighted by Gasteiger charge is 2.26. The molecule has 1 aromatic carbocycles. The van der Waals surface area contributed by atoms with Crippen molar-refractivity contribution in [3.05, 3.63) is 29.3 Å². The van der Waals surface area contributed by atoms with Crippen molar-refractivity contribution in [2.24, 2.45) is 11.8 Å². The number of carbonyl (C=O) groups is 1. The van der Waals surface area contributed by atoms with Gasteiger partial charge in [-0.25, -0.2) is 0 Å². The molecule has 4 nitrogen and oxygen atoms in total. The zero-order chi connectivity index (χ0) is 16.6. The highest BCUT2D eigenvalue weighted by atomic mass is 16.3. The minimum absolute atomic E-state index is 0.0911. The van der Waals surface area contributed by atoms with Crippen LogP contribution in [0.5, 0.6) is 0 Å². The smallest absolute Gasteiger partial charge is 0.223 e. The van der Waals surface area contributed by atoms with Gasteiger partial charge in [-0.2, -0.15) is 0 Å². The molecule has 4 heteroatoms.